The Morgan fingerprint density at radius 2 is 2.20 bits per heavy atom. The fourth-order valence-electron chi connectivity index (χ4n) is 2.85. The first-order valence-electron chi connectivity index (χ1n) is 7.29. The Hall–Kier alpha value is -1.62. The largest absolute Gasteiger partial charge is 0.378 e. The van der Waals surface area contributed by atoms with Gasteiger partial charge in [-0.15, -0.1) is 0 Å². The molecule has 0 radical (unpaired) electrons. The standard InChI is InChI=1S/C15H23N3O2/c1-12(2)11-17-9-5-6-13(17)10-16-14-7-3-4-8-15(14)18(19)20/h3-4,7-8,12-13,16H,5-6,9-11H2,1-2H3/t13-/m1/s1. The Morgan fingerprint density at radius 1 is 1.45 bits per heavy atom. The van der Waals surface area contributed by atoms with E-state index in [2.05, 4.69) is 24.1 Å². The molecule has 1 aliphatic rings. The molecular formula is C15H23N3O2. The Kier molecular flexibility index (Phi) is 4.95. The molecule has 0 aliphatic carbocycles. The van der Waals surface area contributed by atoms with Gasteiger partial charge in [-0.1, -0.05) is 26.0 Å². The third kappa shape index (κ3) is 3.70. The van der Waals surface area contributed by atoms with Gasteiger partial charge in [0.15, 0.2) is 0 Å². The van der Waals surface area contributed by atoms with E-state index < -0.39 is 0 Å². The van der Waals surface area contributed by atoms with Crippen LogP contribution in [0.5, 0.6) is 0 Å². The van der Waals surface area contributed by atoms with E-state index in [1.54, 1.807) is 18.2 Å². The van der Waals surface area contributed by atoms with Crippen molar-refractivity contribution in [2.24, 2.45) is 5.92 Å². The monoisotopic (exact) mass is 277 g/mol. The first-order valence-corrected chi connectivity index (χ1v) is 7.29. The van der Waals surface area contributed by atoms with E-state index in [1.807, 2.05) is 6.07 Å². The van der Waals surface area contributed by atoms with Crippen molar-refractivity contribution in [3.05, 3.63) is 34.4 Å². The van der Waals surface area contributed by atoms with Crippen molar-refractivity contribution in [2.45, 2.75) is 32.7 Å². The fourth-order valence-corrected chi connectivity index (χ4v) is 2.85. The summed E-state index contributed by atoms with van der Waals surface area (Å²) in [6.07, 6.45) is 2.39. The maximum Gasteiger partial charge on any atom is 0.292 e. The van der Waals surface area contributed by atoms with Gasteiger partial charge in [0.1, 0.15) is 5.69 Å². The number of hydrogen-bond acceptors (Lipinski definition) is 4. The maximum absolute atomic E-state index is 11.0. The van der Waals surface area contributed by atoms with Crippen LogP contribution in [-0.4, -0.2) is 35.5 Å². The molecule has 1 fully saturated rings. The third-order valence-corrected chi connectivity index (χ3v) is 3.73. The highest BCUT2D eigenvalue weighted by Gasteiger charge is 2.25. The molecule has 5 nitrogen and oxygen atoms in total. The van der Waals surface area contributed by atoms with Crippen LogP contribution in [0.1, 0.15) is 26.7 Å². The van der Waals surface area contributed by atoms with Gasteiger partial charge >= 0.3 is 0 Å². The third-order valence-electron chi connectivity index (χ3n) is 3.73. The lowest BCUT2D eigenvalue weighted by molar-refractivity contribution is -0.384. The molecule has 1 aromatic carbocycles. The van der Waals surface area contributed by atoms with E-state index in [0.717, 1.165) is 19.6 Å². The Morgan fingerprint density at radius 3 is 2.90 bits per heavy atom. The van der Waals surface area contributed by atoms with Crippen LogP contribution in [0.4, 0.5) is 11.4 Å². The predicted octanol–water partition coefficient (Wildman–Crippen LogP) is 3.13. The first kappa shape index (κ1) is 14.8. The number of nitro benzene ring substituents is 1. The van der Waals surface area contributed by atoms with Gasteiger partial charge < -0.3 is 5.32 Å². The molecule has 0 unspecified atom stereocenters. The summed E-state index contributed by atoms with van der Waals surface area (Å²) in [5.41, 5.74) is 0.773. The summed E-state index contributed by atoms with van der Waals surface area (Å²) in [5.74, 6) is 0.654. The number of likely N-dealkylation sites (tertiary alicyclic amines) is 1. The van der Waals surface area contributed by atoms with E-state index in [9.17, 15) is 10.1 Å². The molecule has 5 heteroatoms. The minimum Gasteiger partial charge on any atom is -0.378 e. The summed E-state index contributed by atoms with van der Waals surface area (Å²) < 4.78 is 0. The van der Waals surface area contributed by atoms with Gasteiger partial charge in [0.2, 0.25) is 0 Å². The molecular weight excluding hydrogens is 254 g/mol. The highest BCUT2D eigenvalue weighted by molar-refractivity contribution is 5.61. The summed E-state index contributed by atoms with van der Waals surface area (Å²) in [5, 5.41) is 14.2. The minimum absolute atomic E-state index is 0.154. The molecule has 0 aromatic heterocycles. The SMILES string of the molecule is CC(C)CN1CCC[C@@H]1CNc1ccccc1[N+](=O)[O-]. The van der Waals surface area contributed by atoms with Gasteiger partial charge in [-0.05, 0) is 31.4 Å². The van der Waals surface area contributed by atoms with Crippen molar-refractivity contribution in [3.8, 4) is 0 Å². The lowest BCUT2D eigenvalue weighted by Gasteiger charge is -2.26. The molecule has 0 spiro atoms. The summed E-state index contributed by atoms with van der Waals surface area (Å²) in [6, 6.07) is 7.33. The number of benzene rings is 1. The second kappa shape index (κ2) is 6.70. The maximum atomic E-state index is 11.0. The molecule has 1 heterocycles. The predicted molar refractivity (Wildman–Crippen MR) is 81.0 cm³/mol. The van der Waals surface area contributed by atoms with E-state index in [0.29, 0.717) is 17.6 Å². The molecule has 1 saturated heterocycles. The molecule has 0 saturated carbocycles. The van der Waals surface area contributed by atoms with Gasteiger partial charge in [-0.2, -0.15) is 0 Å². The van der Waals surface area contributed by atoms with Crippen LogP contribution in [0.2, 0.25) is 0 Å². The van der Waals surface area contributed by atoms with Crippen molar-refractivity contribution in [2.75, 3.05) is 25.0 Å². The molecule has 1 N–H and O–H groups in total. The van der Waals surface area contributed by atoms with Crippen LogP contribution in [0.15, 0.2) is 24.3 Å². The van der Waals surface area contributed by atoms with Crippen LogP contribution in [0.25, 0.3) is 0 Å². The average molecular weight is 277 g/mol. The van der Waals surface area contributed by atoms with Crippen LogP contribution in [0.3, 0.4) is 0 Å². The Labute approximate surface area is 120 Å². The summed E-state index contributed by atoms with van der Waals surface area (Å²) in [4.78, 5) is 13.1. The van der Waals surface area contributed by atoms with Crippen molar-refractivity contribution in [1.82, 2.24) is 4.90 Å². The number of hydrogen-bond donors (Lipinski definition) is 1. The first-order chi connectivity index (χ1) is 9.58. The van der Waals surface area contributed by atoms with Gasteiger partial charge in [0.05, 0.1) is 4.92 Å². The Balaban J connectivity index is 1.96. The molecule has 2 rings (SSSR count). The number of rotatable bonds is 6. The van der Waals surface area contributed by atoms with Gasteiger partial charge in [0, 0.05) is 25.2 Å². The van der Waals surface area contributed by atoms with Crippen molar-refractivity contribution >= 4 is 11.4 Å². The van der Waals surface area contributed by atoms with Gasteiger partial charge in [-0.3, -0.25) is 15.0 Å². The topological polar surface area (TPSA) is 58.4 Å². The van der Waals surface area contributed by atoms with E-state index in [1.165, 1.54) is 12.8 Å². The molecule has 1 aliphatic heterocycles. The molecule has 20 heavy (non-hydrogen) atoms. The normalized spacial score (nSPS) is 19.4. The van der Waals surface area contributed by atoms with Crippen molar-refractivity contribution < 1.29 is 4.92 Å². The van der Waals surface area contributed by atoms with Crippen molar-refractivity contribution in [1.29, 1.82) is 0 Å². The van der Waals surface area contributed by atoms with Crippen LogP contribution in [0, 0.1) is 16.0 Å². The lowest BCUT2D eigenvalue weighted by atomic mass is 10.1. The molecule has 1 aromatic rings. The molecule has 0 amide bonds. The van der Waals surface area contributed by atoms with Crippen LogP contribution < -0.4 is 5.32 Å². The number of anilines is 1. The van der Waals surface area contributed by atoms with Crippen LogP contribution >= 0.6 is 0 Å². The molecule has 110 valence electrons. The number of nitrogens with one attached hydrogen (secondary N) is 1. The van der Waals surface area contributed by atoms with E-state index >= 15 is 0 Å². The molecule has 0 bridgehead atoms. The number of para-hydroxylation sites is 2. The molecule has 1 atom stereocenters. The number of nitro groups is 1. The lowest BCUT2D eigenvalue weighted by Crippen LogP contribution is -2.37. The smallest absolute Gasteiger partial charge is 0.292 e. The second-order valence-electron chi connectivity index (χ2n) is 5.84. The van der Waals surface area contributed by atoms with Crippen LogP contribution in [-0.2, 0) is 0 Å². The highest BCUT2D eigenvalue weighted by atomic mass is 16.6. The summed E-state index contributed by atoms with van der Waals surface area (Å²) in [7, 11) is 0. The zero-order valence-corrected chi connectivity index (χ0v) is 12.2. The minimum atomic E-state index is -0.330. The zero-order valence-electron chi connectivity index (χ0n) is 12.2. The highest BCUT2D eigenvalue weighted by Crippen LogP contribution is 2.25. The zero-order chi connectivity index (χ0) is 14.5. The van der Waals surface area contributed by atoms with E-state index in [-0.39, 0.29) is 10.6 Å². The van der Waals surface area contributed by atoms with E-state index in [4.69, 9.17) is 0 Å². The van der Waals surface area contributed by atoms with Gasteiger partial charge in [-0.25, -0.2) is 0 Å². The summed E-state index contributed by atoms with van der Waals surface area (Å²) in [6.45, 7) is 7.47. The fraction of sp³-hybridized carbons (Fsp3) is 0.600. The Bertz CT molecular complexity index is 462. The second-order valence-corrected chi connectivity index (χ2v) is 5.84. The number of nitrogens with zero attached hydrogens (tertiary/aromatic N) is 2. The average Bonchev–Trinajstić information content (AvgIpc) is 2.83. The summed E-state index contributed by atoms with van der Waals surface area (Å²) >= 11 is 0. The van der Waals surface area contributed by atoms with Gasteiger partial charge in [0.25, 0.3) is 5.69 Å². The van der Waals surface area contributed by atoms with Crippen molar-refractivity contribution in [3.63, 3.8) is 0 Å². The quantitative estimate of drug-likeness (QED) is 0.641.